The maximum atomic E-state index is 12.5. The molecule has 1 fully saturated rings. The van der Waals surface area contributed by atoms with Gasteiger partial charge in [-0.2, -0.15) is 0 Å². The van der Waals surface area contributed by atoms with Gasteiger partial charge in [-0.25, -0.2) is 0 Å². The summed E-state index contributed by atoms with van der Waals surface area (Å²) in [6, 6.07) is 15.5. The van der Waals surface area contributed by atoms with Crippen molar-refractivity contribution < 1.29 is 19.1 Å². The first kappa shape index (κ1) is 23.6. The topological polar surface area (TPSA) is 83.1 Å². The van der Waals surface area contributed by atoms with Crippen molar-refractivity contribution in [3.05, 3.63) is 59.7 Å². The molecule has 0 unspecified atom stereocenters. The van der Waals surface area contributed by atoms with Gasteiger partial charge in [-0.3, -0.25) is 9.59 Å². The molecule has 1 aliphatic heterocycles. The molecule has 0 aliphatic carbocycles. The van der Waals surface area contributed by atoms with Crippen LogP contribution in [-0.4, -0.2) is 75.1 Å². The van der Waals surface area contributed by atoms with E-state index in [0.29, 0.717) is 39.3 Å². The Morgan fingerprint density at radius 2 is 1.03 bits per heavy atom. The van der Waals surface area contributed by atoms with Gasteiger partial charge in [0.2, 0.25) is 11.8 Å². The Kier molecular flexibility index (Phi) is 8.89. The molecule has 0 spiro atoms. The molecule has 0 atom stereocenters. The zero-order valence-electron chi connectivity index (χ0n) is 18.8. The lowest BCUT2D eigenvalue weighted by atomic mass is 10.2. The molecule has 32 heavy (non-hydrogen) atoms. The predicted octanol–water partition coefficient (Wildman–Crippen LogP) is 1.25. The first-order chi connectivity index (χ1) is 15.6. The van der Waals surface area contributed by atoms with Gasteiger partial charge in [-0.1, -0.05) is 24.3 Å². The third-order valence-corrected chi connectivity index (χ3v) is 5.51. The van der Waals surface area contributed by atoms with Crippen LogP contribution in [0.2, 0.25) is 0 Å². The van der Waals surface area contributed by atoms with Crippen LogP contribution in [0.15, 0.2) is 48.5 Å². The summed E-state index contributed by atoms with van der Waals surface area (Å²) in [6.45, 7) is 4.05. The van der Waals surface area contributed by atoms with Crippen LogP contribution in [0.3, 0.4) is 0 Å². The van der Waals surface area contributed by atoms with E-state index in [1.807, 2.05) is 58.3 Å². The molecule has 2 N–H and O–H groups in total. The quantitative estimate of drug-likeness (QED) is 0.579. The summed E-state index contributed by atoms with van der Waals surface area (Å²) in [5, 5.41) is 6.38. The summed E-state index contributed by atoms with van der Waals surface area (Å²) >= 11 is 0. The number of hydrogen-bond donors (Lipinski definition) is 2. The van der Waals surface area contributed by atoms with E-state index < -0.39 is 0 Å². The molecular weight excluding hydrogens is 408 g/mol. The van der Waals surface area contributed by atoms with Crippen molar-refractivity contribution in [3.8, 4) is 11.5 Å². The van der Waals surface area contributed by atoms with Gasteiger partial charge < -0.3 is 29.9 Å². The first-order valence-electron chi connectivity index (χ1n) is 10.8. The molecule has 172 valence electrons. The molecule has 1 saturated heterocycles. The minimum Gasteiger partial charge on any atom is -0.497 e. The fourth-order valence-electron chi connectivity index (χ4n) is 3.54. The second-order valence-corrected chi connectivity index (χ2v) is 7.66. The normalized spacial score (nSPS) is 13.7. The van der Waals surface area contributed by atoms with E-state index in [-0.39, 0.29) is 24.9 Å². The third kappa shape index (κ3) is 6.96. The summed E-state index contributed by atoms with van der Waals surface area (Å²) in [5.74, 6) is 1.74. The Labute approximate surface area is 189 Å². The summed E-state index contributed by atoms with van der Waals surface area (Å²) in [5.41, 5.74) is 2.19. The molecule has 2 amide bonds. The molecule has 3 rings (SSSR count). The van der Waals surface area contributed by atoms with Gasteiger partial charge in [0.05, 0.1) is 27.3 Å². The lowest BCUT2D eigenvalue weighted by Gasteiger charge is -2.35. The lowest BCUT2D eigenvalue weighted by Crippen LogP contribution is -2.53. The van der Waals surface area contributed by atoms with Crippen molar-refractivity contribution in [3.63, 3.8) is 0 Å². The Hall–Kier alpha value is -3.10. The summed E-state index contributed by atoms with van der Waals surface area (Å²) in [4.78, 5) is 28.5. The highest BCUT2D eigenvalue weighted by atomic mass is 16.5. The smallest absolute Gasteiger partial charge is 0.236 e. The molecule has 2 aromatic carbocycles. The van der Waals surface area contributed by atoms with Gasteiger partial charge in [0.25, 0.3) is 0 Å². The number of rotatable bonds is 10. The van der Waals surface area contributed by atoms with Gasteiger partial charge >= 0.3 is 0 Å². The number of benzene rings is 2. The molecule has 8 nitrogen and oxygen atoms in total. The van der Waals surface area contributed by atoms with Crippen LogP contribution < -0.4 is 20.1 Å². The van der Waals surface area contributed by atoms with Crippen molar-refractivity contribution in [2.45, 2.75) is 13.1 Å². The Bertz CT molecular complexity index is 789. The van der Waals surface area contributed by atoms with Gasteiger partial charge in [0.1, 0.15) is 11.5 Å². The largest absolute Gasteiger partial charge is 0.497 e. The van der Waals surface area contributed by atoms with E-state index in [1.54, 1.807) is 14.2 Å². The number of amides is 2. The second-order valence-electron chi connectivity index (χ2n) is 7.66. The molecule has 1 heterocycles. The number of ether oxygens (including phenoxy) is 2. The van der Waals surface area contributed by atoms with Gasteiger partial charge in [0, 0.05) is 39.3 Å². The highest BCUT2D eigenvalue weighted by Crippen LogP contribution is 2.12. The van der Waals surface area contributed by atoms with E-state index in [2.05, 4.69) is 10.6 Å². The Morgan fingerprint density at radius 3 is 1.34 bits per heavy atom. The molecule has 2 aromatic rings. The minimum absolute atomic E-state index is 0.0586. The number of nitrogens with one attached hydrogen (secondary N) is 2. The van der Waals surface area contributed by atoms with Crippen molar-refractivity contribution in [1.29, 1.82) is 0 Å². The van der Waals surface area contributed by atoms with Gasteiger partial charge in [0.15, 0.2) is 0 Å². The summed E-state index contributed by atoms with van der Waals surface area (Å²) < 4.78 is 10.3. The SMILES string of the molecule is COc1ccc(CNCC(=O)N2CCN(C(=O)CNCc3ccc(OC)cc3)CC2)cc1. The fraction of sp³-hybridized carbons (Fsp3) is 0.417. The zero-order chi connectivity index (χ0) is 22.8. The van der Waals surface area contributed by atoms with Crippen LogP contribution >= 0.6 is 0 Å². The van der Waals surface area contributed by atoms with Crippen molar-refractivity contribution in [2.24, 2.45) is 0 Å². The van der Waals surface area contributed by atoms with E-state index in [4.69, 9.17) is 9.47 Å². The highest BCUT2D eigenvalue weighted by Gasteiger charge is 2.23. The number of methoxy groups -OCH3 is 2. The zero-order valence-corrected chi connectivity index (χ0v) is 18.8. The number of hydrogen-bond acceptors (Lipinski definition) is 6. The van der Waals surface area contributed by atoms with Crippen LogP contribution in [0.25, 0.3) is 0 Å². The lowest BCUT2D eigenvalue weighted by molar-refractivity contribution is -0.138. The standard InChI is InChI=1S/C24H32N4O4/c1-31-21-7-3-19(4-8-21)15-25-17-23(29)27-11-13-28(14-12-27)24(30)18-26-16-20-5-9-22(32-2)10-6-20/h3-10,25-26H,11-18H2,1-2H3. The van der Waals surface area contributed by atoms with Crippen molar-refractivity contribution >= 4 is 11.8 Å². The monoisotopic (exact) mass is 440 g/mol. The fourth-order valence-corrected chi connectivity index (χ4v) is 3.54. The average molecular weight is 441 g/mol. The Morgan fingerprint density at radius 1 is 0.688 bits per heavy atom. The van der Waals surface area contributed by atoms with Crippen LogP contribution in [0, 0.1) is 0 Å². The summed E-state index contributed by atoms with van der Waals surface area (Å²) in [6.07, 6.45) is 0. The van der Waals surface area contributed by atoms with E-state index in [9.17, 15) is 9.59 Å². The van der Waals surface area contributed by atoms with Gasteiger partial charge in [-0.15, -0.1) is 0 Å². The van der Waals surface area contributed by atoms with Crippen molar-refractivity contribution in [1.82, 2.24) is 20.4 Å². The number of piperazine rings is 1. The highest BCUT2D eigenvalue weighted by molar-refractivity contribution is 5.80. The average Bonchev–Trinajstić information content (AvgIpc) is 2.85. The molecule has 0 bridgehead atoms. The van der Waals surface area contributed by atoms with E-state index in [0.717, 1.165) is 22.6 Å². The Balaban J connectivity index is 1.31. The van der Waals surface area contributed by atoms with Crippen LogP contribution in [0.4, 0.5) is 0 Å². The first-order valence-corrected chi connectivity index (χ1v) is 10.8. The second kappa shape index (κ2) is 12.1. The van der Waals surface area contributed by atoms with Crippen molar-refractivity contribution in [2.75, 3.05) is 53.5 Å². The maximum Gasteiger partial charge on any atom is 0.236 e. The number of carbonyl (C=O) groups excluding carboxylic acids is 2. The predicted molar refractivity (Wildman–Crippen MR) is 123 cm³/mol. The molecule has 0 aromatic heterocycles. The molecule has 0 radical (unpaired) electrons. The maximum absolute atomic E-state index is 12.5. The van der Waals surface area contributed by atoms with E-state index >= 15 is 0 Å². The van der Waals surface area contributed by atoms with Crippen LogP contribution in [-0.2, 0) is 22.7 Å². The number of carbonyl (C=O) groups is 2. The molecule has 1 aliphatic rings. The minimum atomic E-state index is 0.0586. The van der Waals surface area contributed by atoms with Gasteiger partial charge in [-0.05, 0) is 35.4 Å². The number of nitrogens with zero attached hydrogens (tertiary/aromatic N) is 2. The molecule has 0 saturated carbocycles. The van der Waals surface area contributed by atoms with E-state index in [1.165, 1.54) is 0 Å². The summed E-state index contributed by atoms with van der Waals surface area (Å²) in [7, 11) is 3.27. The molecular formula is C24H32N4O4. The molecule has 8 heteroatoms. The van der Waals surface area contributed by atoms with Crippen LogP contribution in [0.1, 0.15) is 11.1 Å². The third-order valence-electron chi connectivity index (χ3n) is 5.51. The van der Waals surface area contributed by atoms with Crippen LogP contribution in [0.5, 0.6) is 11.5 Å².